The summed E-state index contributed by atoms with van der Waals surface area (Å²) in [6, 6.07) is 7.98. The number of rotatable bonds is 5. The van der Waals surface area contributed by atoms with Crippen LogP contribution in [0.2, 0.25) is 5.02 Å². The molecule has 2 aromatic carbocycles. The average Bonchev–Trinajstić information content (AvgIpc) is 2.48. The highest BCUT2D eigenvalue weighted by Crippen LogP contribution is 2.34. The second kappa shape index (κ2) is 6.73. The fraction of sp³-hybridized carbons (Fsp3) is 0.200. The Kier molecular flexibility index (Phi) is 5.16. The van der Waals surface area contributed by atoms with Crippen molar-refractivity contribution in [3.8, 4) is 0 Å². The molecule has 0 heterocycles. The molecule has 0 amide bonds. The van der Waals surface area contributed by atoms with Gasteiger partial charge in [0, 0.05) is 17.2 Å². The molecule has 0 aromatic heterocycles. The lowest BCUT2D eigenvalue weighted by atomic mass is 10.1. The van der Waals surface area contributed by atoms with Crippen LogP contribution < -0.4 is 0 Å². The zero-order valence-electron chi connectivity index (χ0n) is 11.3. The van der Waals surface area contributed by atoms with Crippen molar-refractivity contribution in [2.45, 2.75) is 16.6 Å². The maximum absolute atomic E-state index is 13.9. The number of benzene rings is 2. The standard InChI is InChI=1S/C15H13ClF2O3S/c16-10-1-4-12(5-2-10)22(20,21)15(7-8-19)13-9-11(17)3-6-14(13)18/h1-6,9,15,19H,7-8H2/t15-/m0/s1. The van der Waals surface area contributed by atoms with Crippen LogP contribution in [0.3, 0.4) is 0 Å². The van der Waals surface area contributed by atoms with Crippen LogP contribution in [0.1, 0.15) is 17.2 Å². The van der Waals surface area contributed by atoms with E-state index in [9.17, 15) is 17.2 Å². The average molecular weight is 347 g/mol. The van der Waals surface area contributed by atoms with Gasteiger partial charge in [-0.1, -0.05) is 11.6 Å². The summed E-state index contributed by atoms with van der Waals surface area (Å²) in [7, 11) is -4.00. The lowest BCUT2D eigenvalue weighted by Crippen LogP contribution is -2.17. The molecule has 0 saturated heterocycles. The van der Waals surface area contributed by atoms with Gasteiger partial charge in [-0.3, -0.25) is 0 Å². The molecule has 1 atom stereocenters. The fourth-order valence-corrected chi connectivity index (χ4v) is 4.05. The molecule has 3 nitrogen and oxygen atoms in total. The number of aliphatic hydroxyl groups is 1. The Bertz CT molecular complexity index is 761. The van der Waals surface area contributed by atoms with Gasteiger partial charge in [-0.05, 0) is 48.9 Å². The minimum atomic E-state index is -4.00. The summed E-state index contributed by atoms with van der Waals surface area (Å²) < 4.78 is 52.6. The van der Waals surface area contributed by atoms with Gasteiger partial charge in [0.2, 0.25) is 0 Å². The van der Waals surface area contributed by atoms with Crippen LogP contribution in [-0.4, -0.2) is 20.1 Å². The van der Waals surface area contributed by atoms with E-state index >= 15 is 0 Å². The van der Waals surface area contributed by atoms with Crippen LogP contribution in [0.5, 0.6) is 0 Å². The van der Waals surface area contributed by atoms with Crippen molar-refractivity contribution in [3.05, 3.63) is 64.7 Å². The number of halogens is 3. The first-order chi connectivity index (χ1) is 10.4. The molecule has 0 saturated carbocycles. The molecule has 0 aliphatic rings. The highest BCUT2D eigenvalue weighted by Gasteiger charge is 2.31. The van der Waals surface area contributed by atoms with Crippen LogP contribution in [-0.2, 0) is 9.84 Å². The van der Waals surface area contributed by atoms with Crippen molar-refractivity contribution >= 4 is 21.4 Å². The van der Waals surface area contributed by atoms with Crippen LogP contribution >= 0.6 is 11.6 Å². The first-order valence-corrected chi connectivity index (χ1v) is 8.34. The summed E-state index contributed by atoms with van der Waals surface area (Å²) in [5.41, 5.74) is -0.302. The highest BCUT2D eigenvalue weighted by atomic mass is 35.5. The molecular formula is C15H13ClF2O3S. The quantitative estimate of drug-likeness (QED) is 0.901. The van der Waals surface area contributed by atoms with Crippen LogP contribution in [0.15, 0.2) is 47.4 Å². The van der Waals surface area contributed by atoms with Gasteiger partial charge in [0.15, 0.2) is 9.84 Å². The third-order valence-corrected chi connectivity index (χ3v) is 5.63. The third-order valence-electron chi connectivity index (χ3n) is 3.21. The molecule has 0 spiro atoms. The van der Waals surface area contributed by atoms with Crippen molar-refractivity contribution < 1.29 is 22.3 Å². The van der Waals surface area contributed by atoms with Crippen molar-refractivity contribution in [1.29, 1.82) is 0 Å². The van der Waals surface area contributed by atoms with E-state index in [2.05, 4.69) is 0 Å². The minimum Gasteiger partial charge on any atom is -0.396 e. The minimum absolute atomic E-state index is 0.0704. The zero-order chi connectivity index (χ0) is 16.3. The zero-order valence-corrected chi connectivity index (χ0v) is 12.9. The van der Waals surface area contributed by atoms with Gasteiger partial charge in [0.1, 0.15) is 11.6 Å². The molecular weight excluding hydrogens is 334 g/mol. The monoisotopic (exact) mass is 346 g/mol. The van der Waals surface area contributed by atoms with Gasteiger partial charge in [-0.15, -0.1) is 0 Å². The maximum atomic E-state index is 13.9. The van der Waals surface area contributed by atoms with E-state index in [4.69, 9.17) is 16.7 Å². The van der Waals surface area contributed by atoms with Crippen molar-refractivity contribution in [2.24, 2.45) is 0 Å². The predicted octanol–water partition coefficient (Wildman–Crippen LogP) is 3.52. The van der Waals surface area contributed by atoms with Crippen LogP contribution in [0.25, 0.3) is 0 Å². The van der Waals surface area contributed by atoms with Gasteiger partial charge in [0.25, 0.3) is 0 Å². The SMILES string of the molecule is O=S(=O)(c1ccc(Cl)cc1)[C@@H](CCO)c1cc(F)ccc1F. The molecule has 2 rings (SSSR count). The summed E-state index contributed by atoms with van der Waals surface area (Å²) in [5.74, 6) is -1.58. The van der Waals surface area contributed by atoms with E-state index in [0.29, 0.717) is 5.02 Å². The van der Waals surface area contributed by atoms with Gasteiger partial charge in [-0.25, -0.2) is 17.2 Å². The molecule has 118 valence electrons. The van der Waals surface area contributed by atoms with Gasteiger partial charge >= 0.3 is 0 Å². The Morgan fingerprint density at radius 3 is 2.32 bits per heavy atom. The van der Waals surface area contributed by atoms with Crippen LogP contribution in [0, 0.1) is 11.6 Å². The molecule has 22 heavy (non-hydrogen) atoms. The molecule has 1 N–H and O–H groups in total. The Labute approximate surface area is 132 Å². The lowest BCUT2D eigenvalue weighted by Gasteiger charge is -2.18. The predicted molar refractivity (Wildman–Crippen MR) is 79.4 cm³/mol. The lowest BCUT2D eigenvalue weighted by molar-refractivity contribution is 0.284. The number of hydrogen-bond donors (Lipinski definition) is 1. The summed E-state index contributed by atoms with van der Waals surface area (Å²) in [5, 5.41) is 8.09. The van der Waals surface area contributed by atoms with E-state index in [1.807, 2.05) is 0 Å². The summed E-state index contributed by atoms with van der Waals surface area (Å²) >= 11 is 5.72. The Hall–Kier alpha value is -1.50. The molecule has 0 aliphatic carbocycles. The van der Waals surface area contributed by atoms with Gasteiger partial charge in [0.05, 0.1) is 10.1 Å². The van der Waals surface area contributed by atoms with E-state index in [1.54, 1.807) is 0 Å². The third kappa shape index (κ3) is 3.45. The number of hydrogen-bond acceptors (Lipinski definition) is 3. The normalized spacial score (nSPS) is 13.1. The topological polar surface area (TPSA) is 54.4 Å². The molecule has 0 radical (unpaired) electrons. The second-order valence-corrected chi connectivity index (χ2v) is 7.23. The Balaban J connectivity index is 2.55. The molecule has 7 heteroatoms. The largest absolute Gasteiger partial charge is 0.396 e. The number of sulfone groups is 1. The first kappa shape index (κ1) is 16.9. The molecule has 0 bridgehead atoms. The fourth-order valence-electron chi connectivity index (χ4n) is 2.14. The van der Waals surface area contributed by atoms with E-state index in [-0.39, 0.29) is 16.9 Å². The van der Waals surface area contributed by atoms with Crippen molar-refractivity contribution in [2.75, 3.05) is 6.61 Å². The second-order valence-electron chi connectivity index (χ2n) is 4.67. The summed E-state index contributed by atoms with van der Waals surface area (Å²) in [4.78, 5) is -0.0704. The Morgan fingerprint density at radius 2 is 1.73 bits per heavy atom. The first-order valence-electron chi connectivity index (χ1n) is 6.41. The molecule has 0 unspecified atom stereocenters. The van der Waals surface area contributed by atoms with E-state index in [0.717, 1.165) is 18.2 Å². The molecule has 2 aromatic rings. The van der Waals surface area contributed by atoms with Gasteiger partial charge in [-0.2, -0.15) is 0 Å². The van der Waals surface area contributed by atoms with Crippen LogP contribution in [0.4, 0.5) is 8.78 Å². The molecule has 0 fully saturated rings. The van der Waals surface area contributed by atoms with E-state index in [1.165, 1.54) is 24.3 Å². The highest BCUT2D eigenvalue weighted by molar-refractivity contribution is 7.91. The molecule has 0 aliphatic heterocycles. The summed E-state index contributed by atoms with van der Waals surface area (Å²) in [6.45, 7) is -0.479. The van der Waals surface area contributed by atoms with Crippen molar-refractivity contribution in [1.82, 2.24) is 0 Å². The summed E-state index contributed by atoms with van der Waals surface area (Å²) in [6.07, 6.45) is -0.245. The maximum Gasteiger partial charge on any atom is 0.185 e. The van der Waals surface area contributed by atoms with Gasteiger partial charge < -0.3 is 5.11 Å². The number of aliphatic hydroxyl groups excluding tert-OH is 1. The smallest absolute Gasteiger partial charge is 0.185 e. The van der Waals surface area contributed by atoms with E-state index < -0.39 is 33.3 Å². The van der Waals surface area contributed by atoms with Crippen molar-refractivity contribution in [3.63, 3.8) is 0 Å². The Morgan fingerprint density at radius 1 is 1.09 bits per heavy atom.